The van der Waals surface area contributed by atoms with Gasteiger partial charge in [-0.15, -0.1) is 0 Å². The second kappa shape index (κ2) is 9.88. The summed E-state index contributed by atoms with van der Waals surface area (Å²) in [5, 5.41) is 6.78. The Balaban J connectivity index is 2.27. The molecule has 1 N–H and O–H groups in total. The van der Waals surface area contributed by atoms with Crippen LogP contribution in [-0.4, -0.2) is 41.4 Å². The topological polar surface area (TPSA) is 56.1 Å². The fourth-order valence-corrected chi connectivity index (χ4v) is 2.77. The van der Waals surface area contributed by atoms with Gasteiger partial charge in [0.1, 0.15) is 16.8 Å². The van der Waals surface area contributed by atoms with Crippen LogP contribution in [0.5, 0.6) is 0 Å². The van der Waals surface area contributed by atoms with Gasteiger partial charge in [-0.25, -0.2) is 27.0 Å². The van der Waals surface area contributed by atoms with Crippen LogP contribution < -0.4 is 5.32 Å². The van der Waals surface area contributed by atoms with Crippen LogP contribution in [0.25, 0.3) is 0 Å². The monoisotopic (exact) mass is 421 g/mol. The van der Waals surface area contributed by atoms with Crippen LogP contribution in [-0.2, 0) is 17.7 Å². The third-order valence-electron chi connectivity index (χ3n) is 4.01. The van der Waals surface area contributed by atoms with E-state index in [1.807, 2.05) is 0 Å². The number of carbonyl (C=O) groups excluding carboxylic acids is 1. The lowest BCUT2D eigenvalue weighted by atomic mass is 10.1. The molecule has 1 atom stereocenters. The lowest BCUT2D eigenvalue weighted by molar-refractivity contribution is 0.0517. The first kappa shape index (κ1) is 22.2. The van der Waals surface area contributed by atoms with Crippen molar-refractivity contribution in [3.05, 3.63) is 51.8 Å². The van der Waals surface area contributed by atoms with Crippen LogP contribution in [0, 0.1) is 11.6 Å². The van der Waals surface area contributed by atoms with Crippen molar-refractivity contribution in [2.24, 2.45) is 0 Å². The molecule has 5 nitrogen and oxygen atoms in total. The molecule has 2 aromatic rings. The first-order valence-electron chi connectivity index (χ1n) is 8.62. The molecular weight excluding hydrogens is 402 g/mol. The van der Waals surface area contributed by atoms with E-state index in [9.17, 15) is 22.4 Å². The molecule has 2 rings (SSSR count). The highest BCUT2D eigenvalue weighted by Crippen LogP contribution is 2.23. The van der Waals surface area contributed by atoms with Crippen molar-refractivity contribution in [2.45, 2.75) is 39.3 Å². The second-order valence-electron chi connectivity index (χ2n) is 6.06. The van der Waals surface area contributed by atoms with Crippen molar-refractivity contribution in [1.82, 2.24) is 15.1 Å². The van der Waals surface area contributed by atoms with Gasteiger partial charge in [-0.3, -0.25) is 0 Å². The molecule has 154 valence electrons. The highest BCUT2D eigenvalue weighted by Gasteiger charge is 2.24. The van der Waals surface area contributed by atoms with Crippen molar-refractivity contribution in [1.29, 1.82) is 0 Å². The van der Waals surface area contributed by atoms with Gasteiger partial charge in [0.25, 0.3) is 6.43 Å². The molecule has 10 heteroatoms. The summed E-state index contributed by atoms with van der Waals surface area (Å²) in [6.45, 7) is 3.04. The zero-order chi connectivity index (χ0) is 20.8. The van der Waals surface area contributed by atoms with E-state index in [0.29, 0.717) is 5.56 Å². The maximum absolute atomic E-state index is 13.9. The van der Waals surface area contributed by atoms with Gasteiger partial charge in [0.05, 0.1) is 19.2 Å². The molecule has 1 aromatic carbocycles. The van der Waals surface area contributed by atoms with Crippen LogP contribution in [0.1, 0.15) is 35.5 Å². The average Bonchev–Trinajstić information content (AvgIpc) is 2.93. The fourth-order valence-electron chi connectivity index (χ4n) is 2.49. The zero-order valence-electron chi connectivity index (χ0n) is 15.3. The van der Waals surface area contributed by atoms with Gasteiger partial charge in [0.2, 0.25) is 0 Å². The highest BCUT2D eigenvalue weighted by atomic mass is 35.5. The molecule has 0 radical (unpaired) electrons. The lowest BCUT2D eigenvalue weighted by Gasteiger charge is -2.12. The van der Waals surface area contributed by atoms with E-state index in [4.69, 9.17) is 16.3 Å². The number of hydrogen-bond acceptors (Lipinski definition) is 4. The Morgan fingerprint density at radius 1 is 1.36 bits per heavy atom. The molecule has 0 saturated carbocycles. The van der Waals surface area contributed by atoms with Crippen molar-refractivity contribution < 1.29 is 27.1 Å². The summed E-state index contributed by atoms with van der Waals surface area (Å²) < 4.78 is 58.4. The molecule has 0 amide bonds. The number of ether oxygens (including phenoxy) is 1. The number of halogens is 5. The summed E-state index contributed by atoms with van der Waals surface area (Å²) in [5.74, 6) is -2.22. The number of nitrogens with one attached hydrogen (secondary N) is 1. The number of benzene rings is 1. The first-order chi connectivity index (χ1) is 13.2. The number of esters is 1. The fraction of sp³-hybridized carbons (Fsp3) is 0.444. The SMILES string of the molecule is CCOC(=O)c1nn(Cc2ccc(F)cc2F)c(Cl)c1CCNC(C)C(F)F. The predicted molar refractivity (Wildman–Crippen MR) is 95.8 cm³/mol. The molecule has 1 unspecified atom stereocenters. The minimum absolute atomic E-state index is 0.0540. The largest absolute Gasteiger partial charge is 0.461 e. The van der Waals surface area contributed by atoms with Gasteiger partial charge in [0.15, 0.2) is 5.69 Å². The van der Waals surface area contributed by atoms with Gasteiger partial charge < -0.3 is 10.1 Å². The Bertz CT molecular complexity index is 829. The van der Waals surface area contributed by atoms with E-state index in [2.05, 4.69) is 10.4 Å². The molecule has 0 aliphatic carbocycles. The van der Waals surface area contributed by atoms with E-state index in [1.165, 1.54) is 17.7 Å². The lowest BCUT2D eigenvalue weighted by Crippen LogP contribution is -2.34. The Hall–Kier alpha value is -2.13. The van der Waals surface area contributed by atoms with E-state index >= 15 is 0 Å². The van der Waals surface area contributed by atoms with Crippen molar-refractivity contribution in [2.75, 3.05) is 13.2 Å². The molecular formula is C18H20ClF4N3O2. The van der Waals surface area contributed by atoms with E-state index < -0.39 is 30.1 Å². The minimum Gasteiger partial charge on any atom is -0.461 e. The van der Waals surface area contributed by atoms with Gasteiger partial charge >= 0.3 is 5.97 Å². The third kappa shape index (κ3) is 5.45. The van der Waals surface area contributed by atoms with Crippen molar-refractivity contribution >= 4 is 17.6 Å². The number of hydrogen-bond donors (Lipinski definition) is 1. The van der Waals surface area contributed by atoms with Gasteiger partial charge in [-0.1, -0.05) is 17.7 Å². The highest BCUT2D eigenvalue weighted by molar-refractivity contribution is 6.30. The molecule has 0 saturated heterocycles. The second-order valence-corrected chi connectivity index (χ2v) is 6.42. The number of nitrogens with zero attached hydrogens (tertiary/aromatic N) is 2. The summed E-state index contributed by atoms with van der Waals surface area (Å²) >= 11 is 6.31. The zero-order valence-corrected chi connectivity index (χ0v) is 16.1. The number of aromatic nitrogens is 2. The Kier molecular flexibility index (Phi) is 7.82. The normalized spacial score (nSPS) is 12.4. The van der Waals surface area contributed by atoms with Gasteiger partial charge in [0, 0.05) is 17.2 Å². The number of carbonyl (C=O) groups is 1. The summed E-state index contributed by atoms with van der Waals surface area (Å²) in [4.78, 5) is 12.2. The molecule has 0 spiro atoms. The molecule has 1 heterocycles. The van der Waals surface area contributed by atoms with Gasteiger partial charge in [-0.05, 0) is 32.9 Å². The van der Waals surface area contributed by atoms with Gasteiger partial charge in [-0.2, -0.15) is 5.10 Å². The van der Waals surface area contributed by atoms with E-state index in [0.717, 1.165) is 12.1 Å². The quantitative estimate of drug-likeness (QED) is 0.494. The molecule has 0 fully saturated rings. The first-order valence-corrected chi connectivity index (χ1v) is 9.00. The Morgan fingerprint density at radius 2 is 2.07 bits per heavy atom. The van der Waals surface area contributed by atoms with Crippen LogP contribution >= 0.6 is 11.6 Å². The number of rotatable bonds is 9. The van der Waals surface area contributed by atoms with Crippen LogP contribution in [0.3, 0.4) is 0 Å². The summed E-state index contributed by atoms with van der Waals surface area (Å²) in [7, 11) is 0. The predicted octanol–water partition coefficient (Wildman–Crippen LogP) is 3.83. The maximum Gasteiger partial charge on any atom is 0.359 e. The molecule has 0 aliphatic rings. The molecule has 0 bridgehead atoms. The van der Waals surface area contributed by atoms with Crippen molar-refractivity contribution in [3.8, 4) is 0 Å². The molecule has 1 aromatic heterocycles. The molecule has 0 aliphatic heterocycles. The number of alkyl halides is 2. The Labute approximate surface area is 164 Å². The van der Waals surface area contributed by atoms with Crippen LogP contribution in [0.15, 0.2) is 18.2 Å². The average molecular weight is 422 g/mol. The third-order valence-corrected chi connectivity index (χ3v) is 4.43. The summed E-state index contributed by atoms with van der Waals surface area (Å²) in [6.07, 6.45) is -2.40. The molecule has 28 heavy (non-hydrogen) atoms. The van der Waals surface area contributed by atoms with Crippen molar-refractivity contribution in [3.63, 3.8) is 0 Å². The smallest absolute Gasteiger partial charge is 0.359 e. The van der Waals surface area contributed by atoms with E-state index in [-0.39, 0.29) is 42.5 Å². The van der Waals surface area contributed by atoms with Crippen LogP contribution in [0.2, 0.25) is 5.15 Å². The summed E-state index contributed by atoms with van der Waals surface area (Å²) in [6, 6.07) is 2.04. The summed E-state index contributed by atoms with van der Waals surface area (Å²) in [5.41, 5.74) is 0.356. The standard InChI is InChI=1S/C18H20ClF4N3O2/c1-3-28-18(27)15-13(6-7-24-10(2)17(22)23)16(19)26(25-15)9-11-4-5-12(20)8-14(11)21/h4-5,8,10,17,24H,3,6-7,9H2,1-2H3. The van der Waals surface area contributed by atoms with Crippen LogP contribution in [0.4, 0.5) is 17.6 Å². The maximum atomic E-state index is 13.9. The Morgan fingerprint density at radius 3 is 2.68 bits per heavy atom. The van der Waals surface area contributed by atoms with E-state index in [1.54, 1.807) is 6.92 Å². The minimum atomic E-state index is -2.54.